The average molecular weight is 212 g/mol. The van der Waals surface area contributed by atoms with Crippen molar-refractivity contribution in [1.29, 1.82) is 0 Å². The van der Waals surface area contributed by atoms with Crippen molar-refractivity contribution >= 4 is 0 Å². The molecule has 2 heteroatoms. The van der Waals surface area contributed by atoms with E-state index in [2.05, 4.69) is 34.2 Å². The highest BCUT2D eigenvalue weighted by molar-refractivity contribution is 5.15. The number of unbranched alkanes of at least 4 members (excludes halogenated alkanes) is 1. The van der Waals surface area contributed by atoms with E-state index in [0.29, 0.717) is 5.76 Å². The molecule has 0 saturated carbocycles. The van der Waals surface area contributed by atoms with Gasteiger partial charge in [-0.15, -0.1) is 0 Å². The number of nitrogens with zero attached hydrogens (tertiary/aromatic N) is 1. The van der Waals surface area contributed by atoms with Crippen LogP contribution in [0.1, 0.15) is 26.7 Å². The zero-order valence-electron chi connectivity index (χ0n) is 10.8. The van der Waals surface area contributed by atoms with E-state index >= 15 is 0 Å². The van der Waals surface area contributed by atoms with Crippen LogP contribution in [0.15, 0.2) is 24.5 Å². The Morgan fingerprint density at radius 1 is 1.20 bits per heavy atom. The quantitative estimate of drug-likeness (QED) is 0.341. The minimum absolute atomic E-state index is 0.713. The lowest BCUT2D eigenvalue weighted by Crippen LogP contribution is -2.42. The first-order chi connectivity index (χ1) is 6.89. The van der Waals surface area contributed by atoms with Gasteiger partial charge in [-0.2, -0.15) is 0 Å². The molecule has 0 aliphatic carbocycles. The van der Waals surface area contributed by atoms with E-state index in [0.717, 1.165) is 23.2 Å². The summed E-state index contributed by atoms with van der Waals surface area (Å²) in [5.74, 6) is 0.713. The van der Waals surface area contributed by atoms with Crippen LogP contribution in [0.4, 0.5) is 0 Å². The average Bonchev–Trinajstić information content (AvgIpc) is 2.14. The first-order valence-corrected chi connectivity index (χ1v) is 5.68. The topological polar surface area (TPSA) is 9.23 Å². The number of hydrogen-bond acceptors (Lipinski definition) is 1. The molecule has 15 heavy (non-hydrogen) atoms. The maximum atomic E-state index is 5.51. The van der Waals surface area contributed by atoms with E-state index in [-0.39, 0.29) is 0 Å². The molecule has 0 saturated heterocycles. The Hall–Kier alpha value is -0.760. The molecule has 0 aliphatic heterocycles. The largest absolute Gasteiger partial charge is 0.488 e. The third-order valence-electron chi connectivity index (χ3n) is 2.57. The predicted molar refractivity (Wildman–Crippen MR) is 66.7 cm³/mol. The fraction of sp³-hybridized carbons (Fsp3) is 0.692. The molecule has 0 bridgehead atoms. The summed E-state index contributed by atoms with van der Waals surface area (Å²) in [6.07, 6.45) is 2.52. The molecule has 0 heterocycles. The van der Waals surface area contributed by atoms with Crippen LogP contribution in [0, 0.1) is 0 Å². The Balaban J connectivity index is 3.74. The molecule has 0 spiro atoms. The summed E-state index contributed by atoms with van der Waals surface area (Å²) in [6, 6.07) is 0. The van der Waals surface area contributed by atoms with Gasteiger partial charge in [0.15, 0.2) is 0 Å². The number of hydrogen-bond donors (Lipinski definition) is 0. The molecule has 0 radical (unpaired) electrons. The van der Waals surface area contributed by atoms with Crippen LogP contribution in [-0.4, -0.2) is 38.3 Å². The van der Waals surface area contributed by atoms with Gasteiger partial charge in [-0.3, -0.25) is 0 Å². The van der Waals surface area contributed by atoms with Gasteiger partial charge in [0.05, 0.1) is 20.6 Å². The third kappa shape index (κ3) is 7.20. The Labute approximate surface area is 94.8 Å². The third-order valence-corrected chi connectivity index (χ3v) is 2.57. The summed E-state index contributed by atoms with van der Waals surface area (Å²) in [6.45, 7) is 14.7. The van der Waals surface area contributed by atoms with Gasteiger partial charge in [0.1, 0.15) is 18.9 Å². The fourth-order valence-corrected chi connectivity index (χ4v) is 1.24. The van der Waals surface area contributed by atoms with Crippen molar-refractivity contribution in [3.63, 3.8) is 0 Å². The molecular weight excluding hydrogens is 186 g/mol. The number of ether oxygens (including phenoxy) is 1. The van der Waals surface area contributed by atoms with Crippen molar-refractivity contribution in [3.8, 4) is 0 Å². The SMILES string of the molecule is C=C(C)C(=C)OCC[N+](C)(C)CCCC. The second-order valence-electron chi connectivity index (χ2n) is 4.79. The Morgan fingerprint density at radius 3 is 2.27 bits per heavy atom. The second-order valence-corrected chi connectivity index (χ2v) is 4.79. The molecular formula is C13H26NO+. The monoisotopic (exact) mass is 212 g/mol. The summed E-state index contributed by atoms with van der Waals surface area (Å²) >= 11 is 0. The van der Waals surface area contributed by atoms with E-state index in [1.807, 2.05) is 6.92 Å². The molecule has 88 valence electrons. The van der Waals surface area contributed by atoms with Gasteiger partial charge in [0, 0.05) is 0 Å². The van der Waals surface area contributed by atoms with Crippen LogP contribution in [0.3, 0.4) is 0 Å². The van der Waals surface area contributed by atoms with Crippen LogP contribution >= 0.6 is 0 Å². The zero-order chi connectivity index (χ0) is 11.9. The highest BCUT2D eigenvalue weighted by Gasteiger charge is 2.13. The highest BCUT2D eigenvalue weighted by atomic mass is 16.5. The molecule has 0 N–H and O–H groups in total. The van der Waals surface area contributed by atoms with Crippen molar-refractivity contribution in [2.45, 2.75) is 26.7 Å². The van der Waals surface area contributed by atoms with Crippen LogP contribution in [0.25, 0.3) is 0 Å². The molecule has 0 aliphatic rings. The molecule has 0 atom stereocenters. The minimum atomic E-state index is 0.713. The molecule has 2 nitrogen and oxygen atoms in total. The predicted octanol–water partition coefficient (Wildman–Crippen LogP) is 2.97. The lowest BCUT2D eigenvalue weighted by atomic mass is 10.3. The number of quaternary nitrogens is 1. The summed E-state index contributed by atoms with van der Waals surface area (Å²) in [7, 11) is 4.48. The van der Waals surface area contributed by atoms with Crippen molar-refractivity contribution < 1.29 is 9.22 Å². The molecule has 0 aromatic carbocycles. The second kappa shape index (κ2) is 6.67. The van der Waals surface area contributed by atoms with E-state index in [4.69, 9.17) is 4.74 Å². The molecule has 0 rings (SSSR count). The molecule has 0 aromatic rings. The maximum absolute atomic E-state index is 5.51. The van der Waals surface area contributed by atoms with Gasteiger partial charge in [-0.1, -0.05) is 26.5 Å². The van der Waals surface area contributed by atoms with E-state index in [1.165, 1.54) is 19.4 Å². The van der Waals surface area contributed by atoms with Crippen molar-refractivity contribution in [1.82, 2.24) is 0 Å². The standard InChI is InChI=1S/C13H26NO/c1-7-8-9-14(5,6)10-11-15-13(4)12(2)3/h2,4,7-11H2,1,3,5-6H3/q+1. The van der Waals surface area contributed by atoms with Crippen molar-refractivity contribution in [2.24, 2.45) is 0 Å². The number of likely N-dealkylation sites (N-methyl/N-ethyl adjacent to an activating group) is 1. The van der Waals surface area contributed by atoms with Crippen LogP contribution in [0.2, 0.25) is 0 Å². The number of allylic oxidation sites excluding steroid dienone is 1. The molecule has 0 fully saturated rings. The Kier molecular flexibility index (Phi) is 6.34. The summed E-state index contributed by atoms with van der Waals surface area (Å²) < 4.78 is 6.52. The van der Waals surface area contributed by atoms with E-state index in [1.54, 1.807) is 0 Å². The van der Waals surface area contributed by atoms with Gasteiger partial charge in [0.2, 0.25) is 0 Å². The Morgan fingerprint density at radius 2 is 1.80 bits per heavy atom. The smallest absolute Gasteiger partial charge is 0.137 e. The number of rotatable bonds is 8. The van der Waals surface area contributed by atoms with Crippen molar-refractivity contribution in [2.75, 3.05) is 33.8 Å². The van der Waals surface area contributed by atoms with Gasteiger partial charge in [0.25, 0.3) is 0 Å². The van der Waals surface area contributed by atoms with Crippen LogP contribution < -0.4 is 0 Å². The van der Waals surface area contributed by atoms with Gasteiger partial charge >= 0.3 is 0 Å². The molecule has 0 aromatic heterocycles. The lowest BCUT2D eigenvalue weighted by molar-refractivity contribution is -0.890. The zero-order valence-corrected chi connectivity index (χ0v) is 10.8. The summed E-state index contributed by atoms with van der Waals surface area (Å²) in [5, 5.41) is 0. The van der Waals surface area contributed by atoms with Crippen LogP contribution in [0.5, 0.6) is 0 Å². The highest BCUT2D eigenvalue weighted by Crippen LogP contribution is 2.07. The fourth-order valence-electron chi connectivity index (χ4n) is 1.24. The summed E-state index contributed by atoms with van der Waals surface area (Å²) in [4.78, 5) is 0. The normalized spacial score (nSPS) is 11.2. The van der Waals surface area contributed by atoms with Crippen molar-refractivity contribution in [3.05, 3.63) is 24.5 Å². The van der Waals surface area contributed by atoms with Crippen LogP contribution in [-0.2, 0) is 4.74 Å². The molecule has 0 amide bonds. The first kappa shape index (κ1) is 14.2. The van der Waals surface area contributed by atoms with Gasteiger partial charge in [-0.05, 0) is 18.9 Å². The first-order valence-electron chi connectivity index (χ1n) is 5.68. The lowest BCUT2D eigenvalue weighted by Gasteiger charge is -2.29. The van der Waals surface area contributed by atoms with E-state index < -0.39 is 0 Å². The van der Waals surface area contributed by atoms with E-state index in [9.17, 15) is 0 Å². The Bertz CT molecular complexity index is 219. The minimum Gasteiger partial charge on any atom is -0.488 e. The van der Waals surface area contributed by atoms with Gasteiger partial charge in [-0.25, -0.2) is 0 Å². The summed E-state index contributed by atoms with van der Waals surface area (Å²) in [5.41, 5.74) is 0.911. The maximum Gasteiger partial charge on any atom is 0.137 e. The van der Waals surface area contributed by atoms with Gasteiger partial charge < -0.3 is 9.22 Å². The molecule has 0 unspecified atom stereocenters.